The van der Waals surface area contributed by atoms with Crippen LogP contribution in [0.3, 0.4) is 0 Å². The van der Waals surface area contributed by atoms with Crippen LogP contribution in [0.15, 0.2) is 40.1 Å². The molecule has 3 N–H and O–H groups in total. The van der Waals surface area contributed by atoms with E-state index in [2.05, 4.69) is 15.0 Å². The van der Waals surface area contributed by atoms with Gasteiger partial charge in [-0.1, -0.05) is 29.5 Å². The standard InChI is InChI=1S/C17H13N3O3S/c1-23-14-7-12(11-6-9-4-2-3-5-10(9)18-11)19-13(14)8-15-16(21)20-17(22)24-15/h2-8,19,21H,1H3,(H,20,22). The molecule has 120 valence electrons. The van der Waals surface area contributed by atoms with E-state index in [0.717, 1.165) is 33.0 Å². The molecule has 0 fully saturated rings. The number of aromatic nitrogens is 2. The summed E-state index contributed by atoms with van der Waals surface area (Å²) in [5, 5.41) is 13.2. The van der Waals surface area contributed by atoms with Crippen LogP contribution < -0.4 is 30.9 Å². The molecule has 1 aliphatic heterocycles. The second-order valence-corrected chi connectivity index (χ2v) is 6.25. The predicted octanol–water partition coefficient (Wildman–Crippen LogP) is -0.470. The Labute approximate surface area is 139 Å². The Morgan fingerprint density at radius 2 is 2.12 bits per heavy atom. The summed E-state index contributed by atoms with van der Waals surface area (Å²) in [7, 11) is 1.57. The van der Waals surface area contributed by atoms with E-state index >= 15 is 0 Å². The number of hydrogen-bond donors (Lipinski definition) is 3. The van der Waals surface area contributed by atoms with Gasteiger partial charge in [-0.25, -0.2) is 4.99 Å². The number of fused-ring (bicyclic) bond motifs is 1. The number of para-hydroxylation sites is 1. The number of ether oxygens (including phenoxy) is 1. The van der Waals surface area contributed by atoms with Gasteiger partial charge in [-0.15, -0.1) is 0 Å². The molecule has 3 aromatic rings. The van der Waals surface area contributed by atoms with Gasteiger partial charge < -0.3 is 14.8 Å². The van der Waals surface area contributed by atoms with Crippen LogP contribution >= 0.6 is 11.3 Å². The maximum absolute atomic E-state index is 11.3. The number of nitrogens with zero attached hydrogens (tertiary/aromatic N) is 1. The number of aromatic amines is 2. The van der Waals surface area contributed by atoms with Gasteiger partial charge in [0.2, 0.25) is 5.88 Å². The van der Waals surface area contributed by atoms with Crippen molar-refractivity contribution >= 4 is 29.2 Å². The molecule has 0 amide bonds. The lowest BCUT2D eigenvalue weighted by molar-refractivity contribution is 0.412. The van der Waals surface area contributed by atoms with Crippen molar-refractivity contribution in [3.8, 4) is 11.6 Å². The number of H-pyrrole nitrogens is 2. The Hall–Kier alpha value is -3.06. The Balaban J connectivity index is 1.94. The van der Waals surface area contributed by atoms with Crippen LogP contribution in [0.5, 0.6) is 11.6 Å². The normalized spacial score (nSPS) is 15.8. The molecular formula is C17H13N3O3S. The van der Waals surface area contributed by atoms with Crippen LogP contribution in [-0.2, 0) is 0 Å². The maximum Gasteiger partial charge on any atom is 0.307 e. The van der Waals surface area contributed by atoms with Crippen molar-refractivity contribution in [3.05, 3.63) is 66.2 Å². The van der Waals surface area contributed by atoms with Gasteiger partial charge in [-0.2, -0.15) is 0 Å². The predicted molar refractivity (Wildman–Crippen MR) is 91.9 cm³/mol. The summed E-state index contributed by atoms with van der Waals surface area (Å²) in [6, 6.07) is 9.73. The van der Waals surface area contributed by atoms with E-state index < -0.39 is 0 Å². The van der Waals surface area contributed by atoms with E-state index in [-0.39, 0.29) is 10.8 Å². The molecule has 1 aliphatic rings. The van der Waals surface area contributed by atoms with E-state index in [0.29, 0.717) is 16.0 Å². The minimum absolute atomic E-state index is 0.152. The molecule has 3 heterocycles. The minimum atomic E-state index is -0.312. The van der Waals surface area contributed by atoms with Crippen LogP contribution in [0.1, 0.15) is 4.88 Å². The summed E-state index contributed by atoms with van der Waals surface area (Å²) < 4.78 is 5.38. The fourth-order valence-electron chi connectivity index (χ4n) is 2.59. The van der Waals surface area contributed by atoms with Crippen LogP contribution in [0, 0.1) is 0 Å². The van der Waals surface area contributed by atoms with Crippen molar-refractivity contribution in [2.24, 2.45) is 4.99 Å². The number of hydrogen-bond acceptors (Lipinski definition) is 5. The topological polar surface area (TPSA) is 90.5 Å². The number of rotatable bonds is 2. The highest BCUT2D eigenvalue weighted by Gasteiger charge is 2.08. The van der Waals surface area contributed by atoms with Crippen molar-refractivity contribution in [1.29, 1.82) is 0 Å². The van der Waals surface area contributed by atoms with Crippen molar-refractivity contribution in [2.45, 2.75) is 0 Å². The van der Waals surface area contributed by atoms with E-state index in [1.54, 1.807) is 13.2 Å². The third-order valence-electron chi connectivity index (χ3n) is 3.71. The Bertz CT molecular complexity index is 1190. The number of nitrogens with one attached hydrogen (secondary N) is 2. The molecule has 6 nitrogen and oxygen atoms in total. The highest BCUT2D eigenvalue weighted by molar-refractivity contribution is 7.10. The SMILES string of the molecule is COc1cc(=C2C=c3ccccc3=N2)[nH]c1=Cc1sc(=O)[nH]c1O. The van der Waals surface area contributed by atoms with Crippen molar-refractivity contribution in [2.75, 3.05) is 7.11 Å². The lowest BCUT2D eigenvalue weighted by atomic mass is 10.3. The number of methoxy groups -OCH3 is 1. The Morgan fingerprint density at radius 1 is 1.29 bits per heavy atom. The molecule has 1 aromatic carbocycles. The lowest BCUT2D eigenvalue weighted by Crippen LogP contribution is -2.19. The third-order valence-corrected chi connectivity index (χ3v) is 4.53. The minimum Gasteiger partial charge on any atom is -0.494 e. The second kappa shape index (κ2) is 5.54. The van der Waals surface area contributed by atoms with E-state index in [4.69, 9.17) is 4.74 Å². The number of thiazole rings is 1. The first-order valence-electron chi connectivity index (χ1n) is 7.20. The molecule has 0 unspecified atom stereocenters. The third kappa shape index (κ3) is 2.44. The zero-order valence-corrected chi connectivity index (χ0v) is 13.5. The first-order chi connectivity index (χ1) is 11.6. The maximum atomic E-state index is 11.3. The Kier molecular flexibility index (Phi) is 3.35. The first kappa shape index (κ1) is 14.5. The van der Waals surface area contributed by atoms with Crippen molar-refractivity contribution in [3.63, 3.8) is 0 Å². The van der Waals surface area contributed by atoms with Crippen LogP contribution in [-0.4, -0.2) is 22.2 Å². The van der Waals surface area contributed by atoms with Gasteiger partial charge in [0.05, 0.1) is 33.7 Å². The van der Waals surface area contributed by atoms with Crippen LogP contribution in [0.4, 0.5) is 0 Å². The van der Waals surface area contributed by atoms with Gasteiger partial charge in [-0.05, 0) is 18.2 Å². The van der Waals surface area contributed by atoms with Crippen molar-refractivity contribution in [1.82, 2.24) is 9.97 Å². The highest BCUT2D eigenvalue weighted by Crippen LogP contribution is 2.16. The molecule has 0 bridgehead atoms. The molecule has 0 atom stereocenters. The van der Waals surface area contributed by atoms with Gasteiger partial charge in [0.15, 0.2) is 0 Å². The fourth-order valence-corrected chi connectivity index (χ4v) is 3.26. The van der Waals surface area contributed by atoms with Crippen LogP contribution in [0.2, 0.25) is 0 Å². The van der Waals surface area contributed by atoms with Crippen LogP contribution in [0.25, 0.3) is 17.8 Å². The fraction of sp³-hybridized carbons (Fsp3) is 0.0588. The molecule has 0 spiro atoms. The van der Waals surface area contributed by atoms with E-state index in [9.17, 15) is 9.90 Å². The molecule has 0 radical (unpaired) electrons. The monoisotopic (exact) mass is 339 g/mol. The number of benzene rings is 1. The largest absolute Gasteiger partial charge is 0.494 e. The van der Waals surface area contributed by atoms with Gasteiger partial charge in [0.1, 0.15) is 5.75 Å². The molecule has 0 saturated carbocycles. The van der Waals surface area contributed by atoms with E-state index in [1.165, 1.54) is 0 Å². The second-order valence-electron chi connectivity index (χ2n) is 5.24. The molecule has 0 aliphatic carbocycles. The van der Waals surface area contributed by atoms with Gasteiger partial charge >= 0.3 is 4.87 Å². The smallest absolute Gasteiger partial charge is 0.307 e. The summed E-state index contributed by atoms with van der Waals surface area (Å²) in [4.78, 5) is 21.6. The quantitative estimate of drug-likeness (QED) is 0.590. The van der Waals surface area contributed by atoms with Gasteiger partial charge in [-0.3, -0.25) is 9.78 Å². The summed E-state index contributed by atoms with van der Waals surface area (Å²) in [5.74, 6) is 0.456. The summed E-state index contributed by atoms with van der Waals surface area (Å²) in [6.45, 7) is 0. The zero-order valence-electron chi connectivity index (χ0n) is 12.7. The van der Waals surface area contributed by atoms with Gasteiger partial charge in [0.25, 0.3) is 0 Å². The molecule has 7 heteroatoms. The van der Waals surface area contributed by atoms with Crippen molar-refractivity contribution < 1.29 is 9.84 Å². The first-order valence-corrected chi connectivity index (χ1v) is 8.02. The van der Waals surface area contributed by atoms with E-state index in [1.807, 2.05) is 36.4 Å². The Morgan fingerprint density at radius 3 is 2.83 bits per heavy atom. The lowest BCUT2D eigenvalue weighted by Gasteiger charge is -1.92. The average Bonchev–Trinajstić information content (AvgIpc) is 3.24. The average molecular weight is 339 g/mol. The number of aromatic hydroxyl groups is 1. The molecular weight excluding hydrogens is 326 g/mol. The molecule has 24 heavy (non-hydrogen) atoms. The summed E-state index contributed by atoms with van der Waals surface area (Å²) in [6.07, 6.45) is 3.67. The molecule has 0 saturated heterocycles. The summed E-state index contributed by atoms with van der Waals surface area (Å²) >= 11 is 0.929. The molecule has 4 rings (SSSR count). The molecule has 2 aromatic heterocycles. The summed E-state index contributed by atoms with van der Waals surface area (Å²) in [5.41, 5.74) is 0.806. The van der Waals surface area contributed by atoms with Gasteiger partial charge in [0, 0.05) is 11.3 Å². The zero-order chi connectivity index (χ0) is 16.7. The highest BCUT2D eigenvalue weighted by atomic mass is 32.1.